The molecule has 0 aromatic heterocycles. The van der Waals surface area contributed by atoms with Gasteiger partial charge >= 0.3 is 0 Å². The standard InChI is InChI=1S/C24H26N4O/c1-16-3-6-21(13-22(16)23(15-26)17(2)27)24(29)28-11-9-20(10-12-28)19-7-4-18(14-25)5-8-19/h3-8,13,15,20,26H,9-12,27H2,1-2H3. The maximum Gasteiger partial charge on any atom is 0.253 e. The van der Waals surface area contributed by atoms with Crippen molar-refractivity contribution in [3.63, 3.8) is 0 Å². The summed E-state index contributed by atoms with van der Waals surface area (Å²) in [6.45, 7) is 5.13. The fourth-order valence-electron chi connectivity index (χ4n) is 3.88. The van der Waals surface area contributed by atoms with Crippen LogP contribution >= 0.6 is 0 Å². The second-order valence-corrected chi connectivity index (χ2v) is 7.57. The zero-order chi connectivity index (χ0) is 21.0. The Morgan fingerprint density at radius 3 is 2.41 bits per heavy atom. The molecular formula is C24H26N4O. The van der Waals surface area contributed by atoms with Crippen molar-refractivity contribution in [2.75, 3.05) is 13.1 Å². The highest BCUT2D eigenvalue weighted by atomic mass is 16.2. The number of aryl methyl sites for hydroxylation is 1. The van der Waals surface area contributed by atoms with Crippen molar-refractivity contribution in [2.24, 2.45) is 5.73 Å². The quantitative estimate of drug-likeness (QED) is 0.770. The first-order chi connectivity index (χ1) is 13.9. The SMILES string of the molecule is CC(N)=C(C=N)c1cc(C(=O)N2CCC(c3ccc(C#N)cc3)CC2)ccc1C. The van der Waals surface area contributed by atoms with Gasteiger partial charge in [-0.05, 0) is 73.6 Å². The van der Waals surface area contributed by atoms with Crippen LogP contribution in [0, 0.1) is 23.7 Å². The van der Waals surface area contributed by atoms with E-state index < -0.39 is 0 Å². The van der Waals surface area contributed by atoms with E-state index in [9.17, 15) is 4.79 Å². The highest BCUT2D eigenvalue weighted by Gasteiger charge is 2.25. The number of amides is 1. The number of nitriles is 1. The minimum absolute atomic E-state index is 0.0172. The van der Waals surface area contributed by atoms with Crippen molar-refractivity contribution >= 4 is 17.7 Å². The number of carbonyl (C=O) groups is 1. The normalized spacial score (nSPS) is 15.4. The number of benzene rings is 2. The predicted molar refractivity (Wildman–Crippen MR) is 116 cm³/mol. The summed E-state index contributed by atoms with van der Waals surface area (Å²) in [5.74, 6) is 0.427. The maximum atomic E-state index is 13.1. The smallest absolute Gasteiger partial charge is 0.253 e. The van der Waals surface area contributed by atoms with Crippen molar-refractivity contribution in [3.8, 4) is 6.07 Å². The van der Waals surface area contributed by atoms with E-state index in [0.717, 1.165) is 24.0 Å². The van der Waals surface area contributed by atoms with Crippen molar-refractivity contribution < 1.29 is 4.79 Å². The molecule has 0 unspecified atom stereocenters. The van der Waals surface area contributed by atoms with Gasteiger partial charge in [-0.3, -0.25) is 4.79 Å². The van der Waals surface area contributed by atoms with Crippen LogP contribution in [0.5, 0.6) is 0 Å². The van der Waals surface area contributed by atoms with Gasteiger partial charge in [0.15, 0.2) is 0 Å². The number of hydrogen-bond acceptors (Lipinski definition) is 4. The summed E-state index contributed by atoms with van der Waals surface area (Å²) in [6, 6.07) is 15.5. The molecule has 5 nitrogen and oxygen atoms in total. The molecule has 148 valence electrons. The molecule has 3 N–H and O–H groups in total. The van der Waals surface area contributed by atoms with Crippen LogP contribution in [-0.2, 0) is 0 Å². The molecular weight excluding hydrogens is 360 g/mol. The molecule has 1 aliphatic rings. The molecule has 2 aromatic carbocycles. The van der Waals surface area contributed by atoms with Crippen LogP contribution in [0.1, 0.15) is 58.3 Å². The van der Waals surface area contributed by atoms with E-state index in [1.54, 1.807) is 6.92 Å². The molecule has 0 saturated carbocycles. The van der Waals surface area contributed by atoms with E-state index in [1.165, 1.54) is 11.8 Å². The topological polar surface area (TPSA) is 94.0 Å². The Balaban J connectivity index is 1.73. The van der Waals surface area contributed by atoms with Gasteiger partial charge in [-0.2, -0.15) is 5.26 Å². The molecule has 3 rings (SSSR count). The largest absolute Gasteiger partial charge is 0.402 e. The van der Waals surface area contributed by atoms with Gasteiger partial charge in [0, 0.05) is 36.1 Å². The molecule has 0 radical (unpaired) electrons. The van der Waals surface area contributed by atoms with E-state index in [1.807, 2.05) is 54.3 Å². The average Bonchev–Trinajstić information content (AvgIpc) is 2.75. The number of nitrogens with two attached hydrogens (primary N) is 1. The van der Waals surface area contributed by atoms with Crippen LogP contribution in [0.25, 0.3) is 5.57 Å². The number of nitrogens with one attached hydrogen (secondary N) is 1. The highest BCUT2D eigenvalue weighted by Crippen LogP contribution is 2.29. The number of rotatable bonds is 4. The highest BCUT2D eigenvalue weighted by molar-refractivity contribution is 6.10. The van der Waals surface area contributed by atoms with Crippen molar-refractivity contribution in [1.82, 2.24) is 4.90 Å². The van der Waals surface area contributed by atoms with Gasteiger partial charge in [0.1, 0.15) is 0 Å². The summed E-state index contributed by atoms with van der Waals surface area (Å²) >= 11 is 0. The second-order valence-electron chi connectivity index (χ2n) is 7.57. The summed E-state index contributed by atoms with van der Waals surface area (Å²) in [4.78, 5) is 15.0. The van der Waals surface area contributed by atoms with Gasteiger partial charge in [-0.1, -0.05) is 18.2 Å². The maximum absolute atomic E-state index is 13.1. The summed E-state index contributed by atoms with van der Waals surface area (Å²) in [5.41, 5.74) is 11.5. The number of likely N-dealkylation sites (tertiary alicyclic amines) is 1. The Morgan fingerprint density at radius 1 is 1.21 bits per heavy atom. The predicted octanol–water partition coefficient (Wildman–Crippen LogP) is 4.23. The van der Waals surface area contributed by atoms with Crippen LogP contribution in [-0.4, -0.2) is 30.1 Å². The molecule has 1 saturated heterocycles. The van der Waals surface area contributed by atoms with Crippen LogP contribution in [0.15, 0.2) is 48.2 Å². The first-order valence-electron chi connectivity index (χ1n) is 9.81. The summed E-state index contributed by atoms with van der Waals surface area (Å²) < 4.78 is 0. The second kappa shape index (κ2) is 8.74. The van der Waals surface area contributed by atoms with Gasteiger partial charge in [0.05, 0.1) is 11.6 Å². The molecule has 1 heterocycles. The van der Waals surface area contributed by atoms with Crippen LogP contribution in [0.2, 0.25) is 0 Å². The fourth-order valence-corrected chi connectivity index (χ4v) is 3.88. The van der Waals surface area contributed by atoms with Crippen molar-refractivity contribution in [1.29, 1.82) is 10.7 Å². The lowest BCUT2D eigenvalue weighted by Crippen LogP contribution is -2.38. The Morgan fingerprint density at radius 2 is 1.86 bits per heavy atom. The van der Waals surface area contributed by atoms with Crippen molar-refractivity contribution in [3.05, 3.63) is 76.0 Å². The van der Waals surface area contributed by atoms with E-state index in [-0.39, 0.29) is 5.91 Å². The zero-order valence-electron chi connectivity index (χ0n) is 16.9. The van der Waals surface area contributed by atoms with Gasteiger partial charge in [-0.15, -0.1) is 0 Å². The van der Waals surface area contributed by atoms with E-state index in [4.69, 9.17) is 16.4 Å². The number of carbonyl (C=O) groups excluding carboxylic acids is 1. The zero-order valence-corrected chi connectivity index (χ0v) is 16.9. The van der Waals surface area contributed by atoms with Crippen molar-refractivity contribution in [2.45, 2.75) is 32.6 Å². The molecule has 1 fully saturated rings. The third-order valence-electron chi connectivity index (χ3n) is 5.64. The van der Waals surface area contributed by atoms with E-state index >= 15 is 0 Å². The summed E-state index contributed by atoms with van der Waals surface area (Å²) in [6.07, 6.45) is 3.06. The first kappa shape index (κ1) is 20.3. The lowest BCUT2D eigenvalue weighted by molar-refractivity contribution is 0.0713. The molecule has 29 heavy (non-hydrogen) atoms. The Labute approximate surface area is 172 Å². The number of hydrogen-bond donors (Lipinski definition) is 2. The van der Waals surface area contributed by atoms with Crippen LogP contribution in [0.4, 0.5) is 0 Å². The molecule has 2 aromatic rings. The van der Waals surface area contributed by atoms with Gasteiger partial charge in [0.25, 0.3) is 5.91 Å². The Bertz CT molecular complexity index is 987. The monoisotopic (exact) mass is 386 g/mol. The lowest BCUT2D eigenvalue weighted by atomic mass is 9.88. The summed E-state index contributed by atoms with van der Waals surface area (Å²) in [5, 5.41) is 16.6. The molecule has 0 bridgehead atoms. The van der Waals surface area contributed by atoms with Crippen LogP contribution in [0.3, 0.4) is 0 Å². The third-order valence-corrected chi connectivity index (χ3v) is 5.64. The number of allylic oxidation sites excluding steroid dienone is 2. The average molecular weight is 386 g/mol. The van der Waals surface area contributed by atoms with Gasteiger partial charge in [0.2, 0.25) is 0 Å². The summed E-state index contributed by atoms with van der Waals surface area (Å²) in [7, 11) is 0. The van der Waals surface area contributed by atoms with E-state index in [0.29, 0.717) is 41.4 Å². The van der Waals surface area contributed by atoms with Gasteiger partial charge < -0.3 is 16.0 Å². The molecule has 0 aliphatic carbocycles. The number of nitrogens with zero attached hydrogens (tertiary/aromatic N) is 2. The van der Waals surface area contributed by atoms with Gasteiger partial charge in [-0.25, -0.2) is 0 Å². The lowest BCUT2D eigenvalue weighted by Gasteiger charge is -2.32. The fraction of sp³-hybridized carbons (Fsp3) is 0.292. The third kappa shape index (κ3) is 4.38. The molecule has 5 heteroatoms. The Hall–Kier alpha value is -3.39. The van der Waals surface area contributed by atoms with E-state index in [2.05, 4.69) is 6.07 Å². The number of piperidine rings is 1. The molecule has 1 amide bonds. The molecule has 0 atom stereocenters. The molecule has 0 spiro atoms. The minimum Gasteiger partial charge on any atom is -0.402 e. The molecule has 1 aliphatic heterocycles. The Kier molecular flexibility index (Phi) is 6.13. The first-order valence-corrected chi connectivity index (χ1v) is 9.81. The minimum atomic E-state index is 0.0172. The van der Waals surface area contributed by atoms with Crippen LogP contribution < -0.4 is 5.73 Å².